The van der Waals surface area contributed by atoms with Gasteiger partial charge in [0.2, 0.25) is 5.28 Å². The molecule has 0 aliphatic carbocycles. The molecule has 2 aromatic heterocycles. The van der Waals surface area contributed by atoms with Gasteiger partial charge in [-0.2, -0.15) is 9.97 Å². The number of halogens is 1. The van der Waals surface area contributed by atoms with E-state index in [-0.39, 0.29) is 5.28 Å². The highest BCUT2D eigenvalue weighted by Gasteiger charge is 2.12. The van der Waals surface area contributed by atoms with Gasteiger partial charge in [0.05, 0.1) is 0 Å². The lowest BCUT2D eigenvalue weighted by Gasteiger charge is -2.09. The molecule has 0 N–H and O–H groups in total. The van der Waals surface area contributed by atoms with Crippen LogP contribution >= 0.6 is 11.6 Å². The number of rotatable bonds is 4. The van der Waals surface area contributed by atoms with E-state index in [1.807, 2.05) is 36.4 Å². The van der Waals surface area contributed by atoms with Gasteiger partial charge in [0.25, 0.3) is 0 Å². The standard InChI is InChI=1S/C41H24ClN3O/c42-41-44-39(27-12-9-26(10-13-27)33-19-20-36-35-7-3-4-8-37(35)46-38(36)24-33)43-40(45-41)34-18-17-31-22-30(15-16-32(31)23-34)29-14-11-25-5-1-2-6-28(25)21-29/h1-24H. The molecule has 0 bridgehead atoms. The summed E-state index contributed by atoms with van der Waals surface area (Å²) in [6, 6.07) is 50.4. The van der Waals surface area contributed by atoms with Crippen molar-refractivity contribution in [2.45, 2.75) is 0 Å². The molecule has 9 aromatic rings. The average molecular weight is 610 g/mol. The second kappa shape index (κ2) is 10.7. The van der Waals surface area contributed by atoms with Gasteiger partial charge >= 0.3 is 0 Å². The van der Waals surface area contributed by atoms with Gasteiger partial charge in [0.15, 0.2) is 11.6 Å². The quantitative estimate of drug-likeness (QED) is 0.199. The number of furan rings is 1. The van der Waals surface area contributed by atoms with Crippen LogP contribution < -0.4 is 0 Å². The summed E-state index contributed by atoms with van der Waals surface area (Å²) in [4.78, 5) is 13.8. The second-order valence-electron chi connectivity index (χ2n) is 11.5. The Balaban J connectivity index is 1.01. The lowest BCUT2D eigenvalue weighted by atomic mass is 9.98. The van der Waals surface area contributed by atoms with Crippen molar-refractivity contribution < 1.29 is 4.42 Å². The molecule has 216 valence electrons. The molecule has 0 radical (unpaired) electrons. The summed E-state index contributed by atoms with van der Waals surface area (Å²) in [6.45, 7) is 0. The lowest BCUT2D eigenvalue weighted by Crippen LogP contribution is -1.97. The summed E-state index contributed by atoms with van der Waals surface area (Å²) >= 11 is 6.44. The zero-order valence-corrected chi connectivity index (χ0v) is 25.2. The van der Waals surface area contributed by atoms with Crippen LogP contribution in [0.5, 0.6) is 0 Å². The predicted molar refractivity (Wildman–Crippen MR) is 189 cm³/mol. The maximum absolute atomic E-state index is 6.44. The number of benzene rings is 7. The first kappa shape index (κ1) is 26.6. The number of hydrogen-bond donors (Lipinski definition) is 0. The van der Waals surface area contributed by atoms with Crippen molar-refractivity contribution >= 4 is 55.1 Å². The van der Waals surface area contributed by atoms with Crippen molar-refractivity contribution in [3.05, 3.63) is 151 Å². The number of fused-ring (bicyclic) bond motifs is 5. The van der Waals surface area contributed by atoms with E-state index in [1.54, 1.807) is 0 Å². The van der Waals surface area contributed by atoms with Crippen molar-refractivity contribution in [1.29, 1.82) is 0 Å². The second-order valence-corrected chi connectivity index (χ2v) is 11.8. The van der Waals surface area contributed by atoms with Gasteiger partial charge in [0, 0.05) is 21.9 Å². The zero-order valence-electron chi connectivity index (χ0n) is 24.5. The van der Waals surface area contributed by atoms with E-state index in [1.165, 1.54) is 21.9 Å². The number of nitrogens with zero attached hydrogens (tertiary/aromatic N) is 3. The van der Waals surface area contributed by atoms with E-state index in [4.69, 9.17) is 21.0 Å². The maximum Gasteiger partial charge on any atom is 0.226 e. The Bertz CT molecular complexity index is 2610. The summed E-state index contributed by atoms with van der Waals surface area (Å²) in [6.07, 6.45) is 0. The monoisotopic (exact) mass is 609 g/mol. The summed E-state index contributed by atoms with van der Waals surface area (Å²) in [7, 11) is 0. The Kier molecular flexibility index (Phi) is 6.15. The van der Waals surface area contributed by atoms with E-state index >= 15 is 0 Å². The van der Waals surface area contributed by atoms with E-state index in [0.29, 0.717) is 11.6 Å². The molecule has 0 spiro atoms. The Morgan fingerprint density at radius 3 is 1.65 bits per heavy atom. The molecule has 9 rings (SSSR count). The van der Waals surface area contributed by atoms with Crippen molar-refractivity contribution in [3.63, 3.8) is 0 Å². The third kappa shape index (κ3) is 4.68. The van der Waals surface area contributed by atoms with Crippen molar-refractivity contribution in [2.75, 3.05) is 0 Å². The summed E-state index contributed by atoms with van der Waals surface area (Å²) in [5, 5.41) is 7.12. The van der Waals surface area contributed by atoms with Gasteiger partial charge in [-0.3, -0.25) is 0 Å². The highest BCUT2D eigenvalue weighted by atomic mass is 35.5. The molecule has 2 heterocycles. The van der Waals surface area contributed by atoms with Crippen LogP contribution in [0.1, 0.15) is 0 Å². The van der Waals surface area contributed by atoms with Crippen LogP contribution in [0.15, 0.2) is 150 Å². The Labute approximate surface area is 269 Å². The molecule has 0 saturated heterocycles. The van der Waals surface area contributed by atoms with Crippen LogP contribution in [-0.4, -0.2) is 15.0 Å². The largest absolute Gasteiger partial charge is 0.456 e. The summed E-state index contributed by atoms with van der Waals surface area (Å²) in [5.74, 6) is 1.07. The Morgan fingerprint density at radius 1 is 0.370 bits per heavy atom. The molecule has 0 unspecified atom stereocenters. The van der Waals surface area contributed by atoms with Crippen LogP contribution in [0, 0.1) is 0 Å². The molecule has 0 aliphatic heterocycles. The van der Waals surface area contributed by atoms with Crippen molar-refractivity contribution in [3.8, 4) is 45.0 Å². The average Bonchev–Trinajstić information content (AvgIpc) is 3.49. The van der Waals surface area contributed by atoms with Crippen molar-refractivity contribution in [1.82, 2.24) is 15.0 Å². The molecule has 46 heavy (non-hydrogen) atoms. The SMILES string of the molecule is Clc1nc(-c2ccc(-c3ccc4c(c3)oc3ccccc34)cc2)nc(-c2ccc3cc(-c4ccc5ccccc5c4)ccc3c2)n1. The zero-order chi connectivity index (χ0) is 30.6. The fourth-order valence-electron chi connectivity index (χ4n) is 6.26. The molecule has 7 aromatic carbocycles. The molecule has 0 amide bonds. The van der Waals surface area contributed by atoms with E-state index in [0.717, 1.165) is 55.0 Å². The topological polar surface area (TPSA) is 51.8 Å². The third-order valence-corrected chi connectivity index (χ3v) is 8.81. The van der Waals surface area contributed by atoms with Crippen LogP contribution in [0.2, 0.25) is 5.28 Å². The van der Waals surface area contributed by atoms with Gasteiger partial charge in [0.1, 0.15) is 11.2 Å². The Hall–Kier alpha value is -5.84. The fourth-order valence-corrected chi connectivity index (χ4v) is 6.42. The molecular weight excluding hydrogens is 586 g/mol. The van der Waals surface area contributed by atoms with Gasteiger partial charge < -0.3 is 4.42 Å². The van der Waals surface area contributed by atoms with Crippen LogP contribution in [0.3, 0.4) is 0 Å². The third-order valence-electron chi connectivity index (χ3n) is 8.64. The van der Waals surface area contributed by atoms with E-state index in [2.05, 4.69) is 119 Å². The van der Waals surface area contributed by atoms with Gasteiger partial charge in [-0.1, -0.05) is 109 Å². The Morgan fingerprint density at radius 2 is 0.870 bits per heavy atom. The first-order valence-corrected chi connectivity index (χ1v) is 15.5. The summed E-state index contributed by atoms with van der Waals surface area (Å²) < 4.78 is 6.10. The van der Waals surface area contributed by atoms with Crippen molar-refractivity contribution in [2.24, 2.45) is 0 Å². The van der Waals surface area contributed by atoms with Crippen LogP contribution in [0.4, 0.5) is 0 Å². The fraction of sp³-hybridized carbons (Fsp3) is 0. The number of hydrogen-bond acceptors (Lipinski definition) is 4. The maximum atomic E-state index is 6.44. The summed E-state index contributed by atoms with van der Waals surface area (Å²) in [5.41, 5.74) is 8.03. The minimum absolute atomic E-state index is 0.158. The number of para-hydroxylation sites is 1. The molecular formula is C41H24ClN3O. The first-order valence-electron chi connectivity index (χ1n) is 15.1. The minimum Gasteiger partial charge on any atom is -0.456 e. The van der Waals surface area contributed by atoms with Gasteiger partial charge in [-0.25, -0.2) is 4.98 Å². The molecule has 0 saturated carbocycles. The van der Waals surface area contributed by atoms with E-state index in [9.17, 15) is 0 Å². The highest BCUT2D eigenvalue weighted by Crippen LogP contribution is 2.34. The molecule has 0 atom stereocenters. The molecule has 5 heteroatoms. The van der Waals surface area contributed by atoms with Crippen LogP contribution in [-0.2, 0) is 0 Å². The van der Waals surface area contributed by atoms with Gasteiger partial charge in [-0.05, 0) is 91.8 Å². The van der Waals surface area contributed by atoms with Gasteiger partial charge in [-0.15, -0.1) is 0 Å². The lowest BCUT2D eigenvalue weighted by molar-refractivity contribution is 0.669. The van der Waals surface area contributed by atoms with E-state index < -0.39 is 0 Å². The predicted octanol–water partition coefficient (Wildman–Crippen LogP) is 11.4. The number of aromatic nitrogens is 3. The smallest absolute Gasteiger partial charge is 0.226 e. The van der Waals surface area contributed by atoms with Crippen LogP contribution in [0.25, 0.3) is 88.5 Å². The molecule has 0 fully saturated rings. The normalized spacial score (nSPS) is 11.6. The minimum atomic E-state index is 0.158. The molecule has 4 nitrogen and oxygen atoms in total. The molecule has 0 aliphatic rings. The first-order chi connectivity index (χ1) is 22.6. The highest BCUT2D eigenvalue weighted by molar-refractivity contribution is 6.28.